The van der Waals surface area contributed by atoms with E-state index in [1.807, 2.05) is 20.8 Å². The SMILES string of the molecule is Cc1oc(C(C)C)nc1C(C)(C)N. The van der Waals surface area contributed by atoms with E-state index in [9.17, 15) is 0 Å². The summed E-state index contributed by atoms with van der Waals surface area (Å²) in [5.74, 6) is 1.91. The summed E-state index contributed by atoms with van der Waals surface area (Å²) < 4.78 is 5.51. The first kappa shape index (κ1) is 10.3. The quantitative estimate of drug-likeness (QED) is 0.763. The third-order valence-corrected chi connectivity index (χ3v) is 1.92. The molecule has 0 aliphatic carbocycles. The molecule has 0 saturated carbocycles. The van der Waals surface area contributed by atoms with Crippen LogP contribution in [0.4, 0.5) is 0 Å². The van der Waals surface area contributed by atoms with E-state index in [0.717, 1.165) is 17.3 Å². The van der Waals surface area contributed by atoms with E-state index in [1.54, 1.807) is 0 Å². The lowest BCUT2D eigenvalue weighted by molar-refractivity contribution is 0.445. The minimum absolute atomic E-state index is 0.315. The maximum absolute atomic E-state index is 5.95. The molecule has 1 aromatic rings. The van der Waals surface area contributed by atoms with E-state index in [0.29, 0.717) is 5.92 Å². The van der Waals surface area contributed by atoms with Crippen LogP contribution < -0.4 is 5.73 Å². The smallest absolute Gasteiger partial charge is 0.197 e. The van der Waals surface area contributed by atoms with Gasteiger partial charge in [-0.2, -0.15) is 0 Å². The van der Waals surface area contributed by atoms with Crippen molar-refractivity contribution in [2.75, 3.05) is 0 Å². The van der Waals surface area contributed by atoms with Crippen molar-refractivity contribution in [1.82, 2.24) is 4.98 Å². The normalized spacial score (nSPS) is 12.5. The molecule has 0 spiro atoms. The lowest BCUT2D eigenvalue weighted by Crippen LogP contribution is -2.30. The summed E-state index contributed by atoms with van der Waals surface area (Å²) in [6.45, 7) is 9.88. The highest BCUT2D eigenvalue weighted by Crippen LogP contribution is 2.24. The topological polar surface area (TPSA) is 52.0 Å². The van der Waals surface area contributed by atoms with Crippen LogP contribution in [0.5, 0.6) is 0 Å². The minimum atomic E-state index is -0.416. The van der Waals surface area contributed by atoms with E-state index < -0.39 is 5.54 Å². The lowest BCUT2D eigenvalue weighted by atomic mass is 10.0. The minimum Gasteiger partial charge on any atom is -0.445 e. The molecule has 0 radical (unpaired) electrons. The van der Waals surface area contributed by atoms with Crippen LogP contribution in [0.25, 0.3) is 0 Å². The van der Waals surface area contributed by atoms with Crippen molar-refractivity contribution in [3.63, 3.8) is 0 Å². The van der Waals surface area contributed by atoms with Crippen LogP contribution in [0.15, 0.2) is 4.42 Å². The molecule has 0 unspecified atom stereocenters. The molecule has 0 aromatic carbocycles. The van der Waals surface area contributed by atoms with Crippen LogP contribution >= 0.6 is 0 Å². The third-order valence-electron chi connectivity index (χ3n) is 1.92. The summed E-state index contributed by atoms with van der Waals surface area (Å²) in [5, 5.41) is 0. The van der Waals surface area contributed by atoms with Crippen molar-refractivity contribution >= 4 is 0 Å². The molecular formula is C10H18N2O. The van der Waals surface area contributed by atoms with Gasteiger partial charge in [0, 0.05) is 5.92 Å². The Morgan fingerprint density at radius 2 is 1.92 bits per heavy atom. The van der Waals surface area contributed by atoms with Crippen molar-refractivity contribution in [3.8, 4) is 0 Å². The van der Waals surface area contributed by atoms with Gasteiger partial charge in [0.05, 0.1) is 5.54 Å². The molecule has 3 nitrogen and oxygen atoms in total. The third kappa shape index (κ3) is 2.10. The number of aromatic nitrogens is 1. The molecule has 2 N–H and O–H groups in total. The van der Waals surface area contributed by atoms with E-state index in [-0.39, 0.29) is 0 Å². The Bertz CT molecular complexity index is 294. The second-order valence-electron chi connectivity index (χ2n) is 4.33. The van der Waals surface area contributed by atoms with Gasteiger partial charge in [-0.1, -0.05) is 13.8 Å². The van der Waals surface area contributed by atoms with E-state index >= 15 is 0 Å². The van der Waals surface area contributed by atoms with Crippen molar-refractivity contribution in [2.45, 2.75) is 46.1 Å². The predicted octanol–water partition coefficient (Wildman–Crippen LogP) is 2.30. The fourth-order valence-corrected chi connectivity index (χ4v) is 1.26. The maximum atomic E-state index is 5.95. The molecule has 0 atom stereocenters. The van der Waals surface area contributed by atoms with Gasteiger partial charge in [0.1, 0.15) is 11.5 Å². The second-order valence-corrected chi connectivity index (χ2v) is 4.33. The summed E-state index contributed by atoms with van der Waals surface area (Å²) >= 11 is 0. The van der Waals surface area contributed by atoms with Gasteiger partial charge in [0.2, 0.25) is 0 Å². The van der Waals surface area contributed by atoms with Gasteiger partial charge in [0.25, 0.3) is 0 Å². The Morgan fingerprint density at radius 1 is 1.38 bits per heavy atom. The van der Waals surface area contributed by atoms with Crippen LogP contribution in [0.1, 0.15) is 51.0 Å². The molecule has 74 valence electrons. The zero-order valence-corrected chi connectivity index (χ0v) is 9.01. The first-order valence-electron chi connectivity index (χ1n) is 4.59. The average Bonchev–Trinajstić information content (AvgIpc) is 2.29. The molecule has 1 rings (SSSR count). The summed E-state index contributed by atoms with van der Waals surface area (Å²) in [6.07, 6.45) is 0. The standard InChI is InChI=1S/C10H18N2O/c1-6(2)9-12-8(7(3)13-9)10(4,5)11/h6H,11H2,1-5H3. The number of hydrogen-bond acceptors (Lipinski definition) is 3. The van der Waals surface area contributed by atoms with Crippen molar-refractivity contribution < 1.29 is 4.42 Å². The van der Waals surface area contributed by atoms with Gasteiger partial charge in [-0.25, -0.2) is 4.98 Å². The Morgan fingerprint density at radius 3 is 2.15 bits per heavy atom. The molecular weight excluding hydrogens is 164 g/mol. The molecule has 0 fully saturated rings. The lowest BCUT2D eigenvalue weighted by Gasteiger charge is -2.15. The summed E-state index contributed by atoms with van der Waals surface area (Å²) in [6, 6.07) is 0. The molecule has 0 bridgehead atoms. The van der Waals surface area contributed by atoms with Crippen LogP contribution in [0.2, 0.25) is 0 Å². The molecule has 1 aromatic heterocycles. The van der Waals surface area contributed by atoms with E-state index in [1.165, 1.54) is 0 Å². The molecule has 0 aliphatic rings. The monoisotopic (exact) mass is 182 g/mol. The van der Waals surface area contributed by atoms with Crippen molar-refractivity contribution in [1.29, 1.82) is 0 Å². The Kier molecular flexibility index (Phi) is 2.48. The first-order valence-corrected chi connectivity index (χ1v) is 4.59. The summed E-state index contributed by atoms with van der Waals surface area (Å²) in [7, 11) is 0. The molecule has 0 aliphatic heterocycles. The zero-order chi connectivity index (χ0) is 10.2. The molecule has 1 heterocycles. The maximum Gasteiger partial charge on any atom is 0.197 e. The fourth-order valence-electron chi connectivity index (χ4n) is 1.26. The number of aryl methyl sites for hydroxylation is 1. The number of nitrogens with zero attached hydrogens (tertiary/aromatic N) is 1. The average molecular weight is 182 g/mol. The van der Waals surface area contributed by atoms with Crippen molar-refractivity contribution in [2.24, 2.45) is 5.73 Å². The first-order chi connectivity index (χ1) is 5.82. The highest BCUT2D eigenvalue weighted by molar-refractivity contribution is 5.17. The van der Waals surface area contributed by atoms with Gasteiger partial charge in [-0.3, -0.25) is 0 Å². The van der Waals surface area contributed by atoms with E-state index in [2.05, 4.69) is 18.8 Å². The summed E-state index contributed by atoms with van der Waals surface area (Å²) in [4.78, 5) is 4.39. The number of rotatable bonds is 2. The fraction of sp³-hybridized carbons (Fsp3) is 0.700. The highest BCUT2D eigenvalue weighted by Gasteiger charge is 2.23. The largest absolute Gasteiger partial charge is 0.445 e. The number of hydrogen-bond donors (Lipinski definition) is 1. The second kappa shape index (κ2) is 3.14. The molecule has 0 saturated heterocycles. The van der Waals surface area contributed by atoms with E-state index in [4.69, 9.17) is 10.2 Å². The molecule has 13 heavy (non-hydrogen) atoms. The van der Waals surface area contributed by atoms with Gasteiger partial charge >= 0.3 is 0 Å². The Labute approximate surface area is 79.3 Å². The Hall–Kier alpha value is -0.830. The van der Waals surface area contributed by atoms with Crippen LogP contribution in [-0.2, 0) is 5.54 Å². The number of nitrogens with two attached hydrogens (primary N) is 1. The number of oxazole rings is 1. The summed E-state index contributed by atoms with van der Waals surface area (Å²) in [5.41, 5.74) is 6.39. The Balaban J connectivity index is 3.11. The van der Waals surface area contributed by atoms with Gasteiger partial charge in [-0.05, 0) is 20.8 Å². The van der Waals surface area contributed by atoms with Gasteiger partial charge in [0.15, 0.2) is 5.89 Å². The predicted molar refractivity (Wildman–Crippen MR) is 52.5 cm³/mol. The van der Waals surface area contributed by atoms with Gasteiger partial charge in [-0.15, -0.1) is 0 Å². The van der Waals surface area contributed by atoms with Crippen LogP contribution in [0, 0.1) is 6.92 Å². The molecule has 3 heteroatoms. The van der Waals surface area contributed by atoms with Crippen molar-refractivity contribution in [3.05, 3.63) is 17.3 Å². The highest BCUT2D eigenvalue weighted by atomic mass is 16.4. The van der Waals surface area contributed by atoms with Crippen LogP contribution in [0.3, 0.4) is 0 Å². The zero-order valence-electron chi connectivity index (χ0n) is 9.01. The van der Waals surface area contributed by atoms with Gasteiger partial charge < -0.3 is 10.2 Å². The van der Waals surface area contributed by atoms with Crippen LogP contribution in [-0.4, -0.2) is 4.98 Å². The molecule has 0 amide bonds.